The van der Waals surface area contributed by atoms with Crippen molar-refractivity contribution in [3.8, 4) is 5.75 Å². The first-order valence-electron chi connectivity index (χ1n) is 5.01. The molecule has 0 fully saturated rings. The van der Waals surface area contributed by atoms with Gasteiger partial charge in [-0.3, -0.25) is 0 Å². The number of rotatable bonds is 1. The molecule has 0 saturated heterocycles. The van der Waals surface area contributed by atoms with Gasteiger partial charge in [-0.2, -0.15) is 0 Å². The minimum Gasteiger partial charge on any atom is -0.497 e. The van der Waals surface area contributed by atoms with Gasteiger partial charge in [0.2, 0.25) is 0 Å². The Labute approximate surface area is 89.7 Å². The first-order valence-corrected chi connectivity index (χ1v) is 5.01. The molecule has 0 aromatic heterocycles. The standard InChI is InChI=1S/C14H14O/c1-11-6-4-3-5-7-12-8-9-13(15-2)10-14(11)12/h3-10H,1-2H3/b4-3?,5-3+,6-4-,7-5?,11-6?,12-7+,14-11-. The second-order valence-corrected chi connectivity index (χ2v) is 3.55. The zero-order valence-electron chi connectivity index (χ0n) is 9.03. The van der Waals surface area contributed by atoms with Gasteiger partial charge in [-0.05, 0) is 35.1 Å². The van der Waals surface area contributed by atoms with E-state index in [0.29, 0.717) is 0 Å². The zero-order chi connectivity index (χ0) is 10.7. The van der Waals surface area contributed by atoms with Crippen LogP contribution >= 0.6 is 0 Å². The predicted molar refractivity (Wildman–Crippen MR) is 64.1 cm³/mol. The normalized spacial score (nSPS) is 24.0. The molecule has 15 heavy (non-hydrogen) atoms. The van der Waals surface area contributed by atoms with E-state index in [2.05, 4.69) is 31.2 Å². The lowest BCUT2D eigenvalue weighted by Gasteiger charge is -2.02. The number of allylic oxidation sites excluding steroid dienone is 4. The van der Waals surface area contributed by atoms with Gasteiger partial charge in [-0.25, -0.2) is 0 Å². The van der Waals surface area contributed by atoms with Crippen LogP contribution in [0.1, 0.15) is 6.92 Å². The maximum Gasteiger partial charge on any atom is 0.119 e. The lowest BCUT2D eigenvalue weighted by molar-refractivity contribution is 0.414. The van der Waals surface area contributed by atoms with E-state index in [1.54, 1.807) is 7.11 Å². The van der Waals surface area contributed by atoms with E-state index in [1.807, 2.05) is 24.3 Å². The van der Waals surface area contributed by atoms with Gasteiger partial charge >= 0.3 is 0 Å². The summed E-state index contributed by atoms with van der Waals surface area (Å²) >= 11 is 0. The summed E-state index contributed by atoms with van der Waals surface area (Å²) in [5, 5.41) is 2.46. The van der Waals surface area contributed by atoms with Gasteiger partial charge < -0.3 is 4.74 Å². The highest BCUT2D eigenvalue weighted by Crippen LogP contribution is 2.04. The molecule has 1 aliphatic carbocycles. The predicted octanol–water partition coefficient (Wildman–Crippen LogP) is 1.77. The van der Waals surface area contributed by atoms with Crippen molar-refractivity contribution in [2.75, 3.05) is 7.11 Å². The van der Waals surface area contributed by atoms with Crippen LogP contribution in [0, 0.1) is 0 Å². The van der Waals surface area contributed by atoms with Crippen molar-refractivity contribution in [3.63, 3.8) is 0 Å². The van der Waals surface area contributed by atoms with Crippen molar-refractivity contribution < 1.29 is 4.74 Å². The highest BCUT2D eigenvalue weighted by molar-refractivity contribution is 5.59. The number of benzene rings is 1. The van der Waals surface area contributed by atoms with Crippen LogP contribution in [0.5, 0.6) is 5.75 Å². The van der Waals surface area contributed by atoms with Gasteiger partial charge in [0.25, 0.3) is 0 Å². The number of ether oxygens (including phenoxy) is 1. The van der Waals surface area contributed by atoms with E-state index < -0.39 is 0 Å². The Hall–Kier alpha value is -1.76. The van der Waals surface area contributed by atoms with Crippen LogP contribution < -0.4 is 15.2 Å². The van der Waals surface area contributed by atoms with Crippen molar-refractivity contribution in [2.24, 2.45) is 0 Å². The van der Waals surface area contributed by atoms with E-state index in [9.17, 15) is 0 Å². The second-order valence-electron chi connectivity index (χ2n) is 3.55. The molecule has 0 N–H and O–H groups in total. The molecule has 0 bridgehead atoms. The Bertz CT molecular complexity index is 533. The molecule has 1 aromatic carbocycles. The Balaban J connectivity index is 2.80. The molecule has 0 atom stereocenters. The SMILES string of the molecule is COc1ccc2/c(c1)=C(C)\C=C/C=C/C=2. The van der Waals surface area contributed by atoms with Gasteiger partial charge in [-0.1, -0.05) is 36.4 Å². The molecule has 0 unspecified atom stereocenters. The number of hydrogen-bond acceptors (Lipinski definition) is 1. The average Bonchev–Trinajstić information content (AvgIpc) is 2.26. The summed E-state index contributed by atoms with van der Waals surface area (Å²) in [4.78, 5) is 0. The fourth-order valence-corrected chi connectivity index (χ4v) is 1.66. The Morgan fingerprint density at radius 3 is 2.73 bits per heavy atom. The Kier molecular flexibility index (Phi) is 2.72. The van der Waals surface area contributed by atoms with E-state index in [4.69, 9.17) is 4.74 Å². The topological polar surface area (TPSA) is 9.23 Å². The lowest BCUT2D eigenvalue weighted by atomic mass is 10.1. The highest BCUT2D eigenvalue weighted by Gasteiger charge is 1.94. The van der Waals surface area contributed by atoms with Crippen molar-refractivity contribution in [3.05, 3.63) is 52.9 Å². The maximum atomic E-state index is 5.23. The fourth-order valence-electron chi connectivity index (χ4n) is 1.66. The van der Waals surface area contributed by atoms with E-state index in [-0.39, 0.29) is 0 Å². The lowest BCUT2D eigenvalue weighted by Crippen LogP contribution is -2.26. The first-order chi connectivity index (χ1) is 7.31. The van der Waals surface area contributed by atoms with Crippen LogP contribution in [0.25, 0.3) is 11.6 Å². The summed E-state index contributed by atoms with van der Waals surface area (Å²) in [6.45, 7) is 2.11. The van der Waals surface area contributed by atoms with Crippen molar-refractivity contribution >= 4 is 11.6 Å². The molecular weight excluding hydrogens is 184 g/mol. The molecule has 0 amide bonds. The minimum atomic E-state index is 0.902. The monoisotopic (exact) mass is 198 g/mol. The van der Waals surface area contributed by atoms with Crippen LogP contribution in [0.2, 0.25) is 0 Å². The first kappa shape index (κ1) is 9.78. The molecule has 0 saturated carbocycles. The van der Waals surface area contributed by atoms with Gasteiger partial charge in [0, 0.05) is 0 Å². The summed E-state index contributed by atoms with van der Waals surface area (Å²) in [5.74, 6) is 0.902. The van der Waals surface area contributed by atoms with Gasteiger partial charge in [0.05, 0.1) is 7.11 Å². The molecule has 0 heterocycles. The summed E-state index contributed by atoms with van der Waals surface area (Å²) in [7, 11) is 1.69. The quantitative estimate of drug-likeness (QED) is 0.668. The second kappa shape index (κ2) is 4.18. The van der Waals surface area contributed by atoms with Crippen LogP contribution in [0.3, 0.4) is 0 Å². The summed E-state index contributed by atoms with van der Waals surface area (Å²) < 4.78 is 5.23. The molecule has 1 aromatic rings. The van der Waals surface area contributed by atoms with Crippen LogP contribution in [-0.4, -0.2) is 7.11 Å². The molecule has 0 aliphatic heterocycles. The van der Waals surface area contributed by atoms with E-state index in [0.717, 1.165) is 5.75 Å². The molecule has 0 radical (unpaired) electrons. The fraction of sp³-hybridized carbons (Fsp3) is 0.143. The zero-order valence-corrected chi connectivity index (χ0v) is 9.03. The van der Waals surface area contributed by atoms with Gasteiger partial charge in [0.15, 0.2) is 0 Å². The number of hydrogen-bond donors (Lipinski definition) is 0. The summed E-state index contributed by atoms with van der Waals surface area (Å²) in [6.07, 6.45) is 10.4. The molecule has 0 spiro atoms. The third-order valence-electron chi connectivity index (χ3n) is 2.53. The van der Waals surface area contributed by atoms with Crippen molar-refractivity contribution in [2.45, 2.75) is 6.92 Å². The van der Waals surface area contributed by atoms with Crippen LogP contribution in [-0.2, 0) is 0 Å². The van der Waals surface area contributed by atoms with Crippen LogP contribution in [0.4, 0.5) is 0 Å². The molecule has 1 heteroatoms. The number of fused-ring (bicyclic) bond motifs is 1. The van der Waals surface area contributed by atoms with E-state index >= 15 is 0 Å². The summed E-state index contributed by atoms with van der Waals surface area (Å²) in [5.41, 5.74) is 1.25. The van der Waals surface area contributed by atoms with Crippen molar-refractivity contribution in [1.29, 1.82) is 0 Å². The number of methoxy groups -OCH3 is 1. The van der Waals surface area contributed by atoms with Gasteiger partial charge in [-0.15, -0.1) is 0 Å². The molecule has 2 rings (SSSR count). The van der Waals surface area contributed by atoms with Crippen LogP contribution in [0.15, 0.2) is 42.5 Å². The maximum absolute atomic E-state index is 5.23. The summed E-state index contributed by atoms with van der Waals surface area (Å²) in [6, 6.07) is 6.15. The molecule has 1 aliphatic rings. The van der Waals surface area contributed by atoms with Gasteiger partial charge in [0.1, 0.15) is 5.75 Å². The molecule has 1 nitrogen and oxygen atoms in total. The van der Waals surface area contributed by atoms with E-state index in [1.165, 1.54) is 16.0 Å². The third-order valence-corrected chi connectivity index (χ3v) is 2.53. The average molecular weight is 198 g/mol. The third kappa shape index (κ3) is 2.01. The largest absolute Gasteiger partial charge is 0.497 e. The minimum absolute atomic E-state index is 0.902. The highest BCUT2D eigenvalue weighted by atomic mass is 16.5. The molecular formula is C14H14O. The van der Waals surface area contributed by atoms with Crippen molar-refractivity contribution in [1.82, 2.24) is 0 Å². The Morgan fingerprint density at radius 2 is 1.93 bits per heavy atom. The Morgan fingerprint density at radius 1 is 1.07 bits per heavy atom. The smallest absolute Gasteiger partial charge is 0.119 e. The molecule has 76 valence electrons.